The van der Waals surface area contributed by atoms with Crippen LogP contribution in [-0.4, -0.2) is 35.1 Å². The third kappa shape index (κ3) is 3.57. The first-order chi connectivity index (χ1) is 5.11. The molecule has 0 aliphatic rings. The molecule has 11 heavy (non-hydrogen) atoms. The maximum absolute atomic E-state index is 10.5. The summed E-state index contributed by atoms with van der Waals surface area (Å²) in [6, 6.07) is 0. The van der Waals surface area contributed by atoms with Gasteiger partial charge in [-0.25, -0.2) is 9.80 Å². The lowest BCUT2D eigenvalue weighted by Crippen LogP contribution is -2.44. The molecule has 0 aliphatic heterocycles. The molecule has 0 bridgehead atoms. The van der Waals surface area contributed by atoms with E-state index in [2.05, 4.69) is 5.43 Å². The third-order valence-electron chi connectivity index (χ3n) is 1.22. The molecule has 0 atom stereocenters. The lowest BCUT2D eigenvalue weighted by Gasteiger charge is -2.17. The number of nitrogens with zero attached hydrogens (tertiary/aromatic N) is 1. The fourth-order valence-electron chi connectivity index (χ4n) is 0.573. The summed E-state index contributed by atoms with van der Waals surface area (Å²) in [5.74, 6) is -2.45. The lowest BCUT2D eigenvalue weighted by atomic mass is 10.6. The topological polar surface area (TPSA) is 69.6 Å². The van der Waals surface area contributed by atoms with E-state index in [4.69, 9.17) is 5.11 Å². The fraction of sp³-hybridized carbons (Fsp3) is 0.667. The van der Waals surface area contributed by atoms with Crippen molar-refractivity contribution in [2.75, 3.05) is 13.1 Å². The predicted molar refractivity (Wildman–Crippen MR) is 38.7 cm³/mol. The molecule has 0 aromatic heterocycles. The van der Waals surface area contributed by atoms with Crippen LogP contribution in [-0.2, 0) is 9.59 Å². The van der Waals surface area contributed by atoms with Crippen LogP contribution in [0.25, 0.3) is 0 Å². The number of carbonyl (C=O) groups is 2. The average molecular weight is 160 g/mol. The zero-order chi connectivity index (χ0) is 8.85. The molecule has 0 heterocycles. The summed E-state index contributed by atoms with van der Waals surface area (Å²) < 4.78 is 0. The van der Waals surface area contributed by atoms with Gasteiger partial charge in [0, 0.05) is 13.1 Å². The van der Waals surface area contributed by atoms with Crippen molar-refractivity contribution in [1.82, 2.24) is 10.4 Å². The van der Waals surface area contributed by atoms with Gasteiger partial charge >= 0.3 is 11.9 Å². The molecule has 0 aromatic carbocycles. The molecule has 5 heteroatoms. The summed E-state index contributed by atoms with van der Waals surface area (Å²) in [4.78, 5) is 20.5. The van der Waals surface area contributed by atoms with Gasteiger partial charge in [-0.1, -0.05) is 13.8 Å². The largest absolute Gasteiger partial charge is 0.474 e. The van der Waals surface area contributed by atoms with Crippen molar-refractivity contribution in [2.24, 2.45) is 0 Å². The van der Waals surface area contributed by atoms with E-state index in [9.17, 15) is 9.59 Å². The van der Waals surface area contributed by atoms with Crippen molar-refractivity contribution in [3.63, 3.8) is 0 Å². The van der Waals surface area contributed by atoms with Crippen LogP contribution in [0.5, 0.6) is 0 Å². The highest BCUT2D eigenvalue weighted by Crippen LogP contribution is 1.79. The number of carbonyl (C=O) groups excluding carboxylic acids is 1. The van der Waals surface area contributed by atoms with E-state index in [0.29, 0.717) is 13.1 Å². The van der Waals surface area contributed by atoms with E-state index in [-0.39, 0.29) is 0 Å². The first-order valence-electron chi connectivity index (χ1n) is 3.40. The Morgan fingerprint density at radius 1 is 1.36 bits per heavy atom. The minimum Gasteiger partial charge on any atom is -0.474 e. The van der Waals surface area contributed by atoms with Crippen molar-refractivity contribution in [3.05, 3.63) is 0 Å². The Kier molecular flexibility index (Phi) is 4.21. The van der Waals surface area contributed by atoms with Crippen LogP contribution < -0.4 is 5.43 Å². The van der Waals surface area contributed by atoms with Crippen LogP contribution in [0.4, 0.5) is 0 Å². The normalized spacial score (nSPS) is 9.73. The number of aliphatic carboxylic acids is 1. The SMILES string of the molecule is CCN(CC)NC(=O)C(=O)O. The molecule has 0 spiro atoms. The van der Waals surface area contributed by atoms with Gasteiger partial charge in [-0.05, 0) is 0 Å². The first kappa shape index (κ1) is 9.90. The number of hydrazine groups is 1. The van der Waals surface area contributed by atoms with Crippen molar-refractivity contribution < 1.29 is 14.7 Å². The van der Waals surface area contributed by atoms with E-state index < -0.39 is 11.9 Å². The first-order valence-corrected chi connectivity index (χ1v) is 3.40. The number of rotatable bonds is 3. The molecule has 0 rings (SSSR count). The molecule has 0 saturated heterocycles. The predicted octanol–water partition coefficient (Wildman–Crippen LogP) is -0.556. The van der Waals surface area contributed by atoms with E-state index in [1.54, 1.807) is 0 Å². The number of nitrogens with one attached hydrogen (secondary N) is 1. The van der Waals surface area contributed by atoms with Crippen molar-refractivity contribution in [2.45, 2.75) is 13.8 Å². The molecule has 0 unspecified atom stereocenters. The lowest BCUT2D eigenvalue weighted by molar-refractivity contribution is -0.152. The molecule has 64 valence electrons. The van der Waals surface area contributed by atoms with E-state index in [0.717, 1.165) is 0 Å². The monoisotopic (exact) mass is 160 g/mol. The summed E-state index contributed by atoms with van der Waals surface area (Å²) in [7, 11) is 0. The molecule has 0 radical (unpaired) electrons. The van der Waals surface area contributed by atoms with Gasteiger partial charge in [-0.15, -0.1) is 0 Å². The molecule has 0 saturated carbocycles. The zero-order valence-electron chi connectivity index (χ0n) is 6.63. The number of amides is 1. The van der Waals surface area contributed by atoms with Gasteiger partial charge in [0.15, 0.2) is 0 Å². The molecule has 2 N–H and O–H groups in total. The highest BCUT2D eigenvalue weighted by atomic mass is 16.4. The second-order valence-electron chi connectivity index (χ2n) is 1.92. The summed E-state index contributed by atoms with van der Waals surface area (Å²) in [6.45, 7) is 4.84. The second kappa shape index (κ2) is 4.68. The molecule has 0 aliphatic carbocycles. The summed E-state index contributed by atoms with van der Waals surface area (Å²) in [5, 5.41) is 9.69. The summed E-state index contributed by atoms with van der Waals surface area (Å²) in [5.41, 5.74) is 2.21. The Hall–Kier alpha value is -1.10. The van der Waals surface area contributed by atoms with Crippen LogP contribution in [0.3, 0.4) is 0 Å². The summed E-state index contributed by atoms with van der Waals surface area (Å²) in [6.07, 6.45) is 0. The number of hydrogen-bond acceptors (Lipinski definition) is 3. The van der Waals surface area contributed by atoms with Crippen LogP contribution >= 0.6 is 0 Å². The Bertz CT molecular complexity index is 154. The fourth-order valence-corrected chi connectivity index (χ4v) is 0.573. The average Bonchev–Trinajstić information content (AvgIpc) is 1.99. The van der Waals surface area contributed by atoms with Gasteiger partial charge in [-0.2, -0.15) is 0 Å². The van der Waals surface area contributed by atoms with E-state index in [1.807, 2.05) is 13.8 Å². The molecule has 0 fully saturated rings. The van der Waals surface area contributed by atoms with E-state index in [1.165, 1.54) is 5.01 Å². The number of carboxylic acid groups (broad SMARTS) is 1. The summed E-state index contributed by atoms with van der Waals surface area (Å²) >= 11 is 0. The molecule has 5 nitrogen and oxygen atoms in total. The molecule has 1 amide bonds. The molecule has 0 aromatic rings. The van der Waals surface area contributed by atoms with Crippen molar-refractivity contribution in [1.29, 1.82) is 0 Å². The quantitative estimate of drug-likeness (QED) is 0.429. The van der Waals surface area contributed by atoms with Gasteiger partial charge in [0.2, 0.25) is 0 Å². The maximum atomic E-state index is 10.5. The van der Waals surface area contributed by atoms with Crippen LogP contribution in [0.2, 0.25) is 0 Å². The Balaban J connectivity index is 3.81. The minimum atomic E-state index is -1.46. The second-order valence-corrected chi connectivity index (χ2v) is 1.92. The minimum absolute atomic E-state index is 0.593. The van der Waals surface area contributed by atoms with Gasteiger partial charge in [0.25, 0.3) is 0 Å². The van der Waals surface area contributed by atoms with Crippen LogP contribution in [0.1, 0.15) is 13.8 Å². The van der Waals surface area contributed by atoms with Gasteiger partial charge in [0.05, 0.1) is 0 Å². The zero-order valence-corrected chi connectivity index (χ0v) is 6.63. The highest BCUT2D eigenvalue weighted by molar-refractivity contribution is 6.31. The Labute approximate surface area is 65.0 Å². The van der Waals surface area contributed by atoms with E-state index >= 15 is 0 Å². The molecular weight excluding hydrogens is 148 g/mol. The molecular formula is C6H12N2O3. The number of hydrogen-bond donors (Lipinski definition) is 2. The smallest absolute Gasteiger partial charge is 0.395 e. The van der Waals surface area contributed by atoms with Crippen LogP contribution in [0.15, 0.2) is 0 Å². The third-order valence-corrected chi connectivity index (χ3v) is 1.22. The Morgan fingerprint density at radius 3 is 2.09 bits per heavy atom. The Morgan fingerprint density at radius 2 is 1.82 bits per heavy atom. The van der Waals surface area contributed by atoms with Gasteiger partial charge < -0.3 is 5.11 Å². The standard InChI is InChI=1S/C6H12N2O3/c1-3-8(4-2)7-5(9)6(10)11/h3-4H2,1-2H3,(H,7,9)(H,10,11). The van der Waals surface area contributed by atoms with Crippen LogP contribution in [0, 0.1) is 0 Å². The van der Waals surface area contributed by atoms with Crippen molar-refractivity contribution in [3.8, 4) is 0 Å². The number of carboxylic acids is 1. The van der Waals surface area contributed by atoms with Gasteiger partial charge in [-0.3, -0.25) is 10.2 Å². The van der Waals surface area contributed by atoms with Gasteiger partial charge in [0.1, 0.15) is 0 Å². The maximum Gasteiger partial charge on any atom is 0.395 e. The van der Waals surface area contributed by atoms with Crippen molar-refractivity contribution >= 4 is 11.9 Å². The highest BCUT2D eigenvalue weighted by Gasteiger charge is 2.12.